The fourth-order valence-electron chi connectivity index (χ4n) is 3.26. The third-order valence-corrected chi connectivity index (χ3v) is 4.18. The van der Waals surface area contributed by atoms with E-state index < -0.39 is 0 Å². The smallest absolute Gasteiger partial charge is 0.227 e. The van der Waals surface area contributed by atoms with E-state index in [-0.39, 0.29) is 0 Å². The van der Waals surface area contributed by atoms with E-state index in [9.17, 15) is 0 Å². The average Bonchev–Trinajstić information content (AvgIpc) is 3.05. The van der Waals surface area contributed by atoms with Crippen LogP contribution in [-0.4, -0.2) is 22.7 Å². The summed E-state index contributed by atoms with van der Waals surface area (Å²) in [5.74, 6) is 3.20. The van der Waals surface area contributed by atoms with Gasteiger partial charge >= 0.3 is 0 Å². The molecule has 0 spiro atoms. The zero-order chi connectivity index (χ0) is 11.7. The van der Waals surface area contributed by atoms with Crippen LogP contribution in [0.1, 0.15) is 25.7 Å². The number of fused-ring (bicyclic) bond motifs is 2. The highest BCUT2D eigenvalue weighted by Gasteiger charge is 2.38. The molecule has 1 N–H and O–H groups in total. The minimum absolute atomic E-state index is 0.581. The van der Waals surface area contributed by atoms with E-state index in [1.807, 2.05) is 0 Å². The predicted molar refractivity (Wildman–Crippen MR) is 64.3 cm³/mol. The summed E-state index contributed by atoms with van der Waals surface area (Å²) in [6.45, 7) is 3.22. The molecule has 2 bridgehead atoms. The maximum absolute atomic E-state index is 4.98. The van der Waals surface area contributed by atoms with Gasteiger partial charge in [-0.1, -0.05) is 17.3 Å². The third-order valence-electron chi connectivity index (χ3n) is 4.18. The van der Waals surface area contributed by atoms with Gasteiger partial charge in [0.1, 0.15) is 0 Å². The molecule has 0 aliphatic heterocycles. The molecule has 4 nitrogen and oxygen atoms in total. The molecule has 4 unspecified atom stereocenters. The van der Waals surface area contributed by atoms with Gasteiger partial charge in [0, 0.05) is 19.0 Å². The Kier molecular flexibility index (Phi) is 2.97. The number of rotatable bonds is 5. The van der Waals surface area contributed by atoms with Crippen molar-refractivity contribution in [3.05, 3.63) is 24.4 Å². The van der Waals surface area contributed by atoms with Gasteiger partial charge in [-0.2, -0.15) is 4.98 Å². The number of aromatic nitrogens is 2. The molecule has 0 saturated heterocycles. The van der Waals surface area contributed by atoms with Crippen molar-refractivity contribution in [3.63, 3.8) is 0 Å². The fourth-order valence-corrected chi connectivity index (χ4v) is 3.26. The van der Waals surface area contributed by atoms with Crippen molar-refractivity contribution >= 4 is 0 Å². The monoisotopic (exact) mass is 233 g/mol. The van der Waals surface area contributed by atoms with Crippen LogP contribution in [0.15, 0.2) is 23.0 Å². The molecule has 2 aliphatic carbocycles. The van der Waals surface area contributed by atoms with Crippen molar-refractivity contribution < 1.29 is 4.52 Å². The molecular weight excluding hydrogens is 214 g/mol. The molecule has 92 valence electrons. The minimum atomic E-state index is 0.581. The quantitative estimate of drug-likeness (QED) is 0.788. The Morgan fingerprint density at radius 2 is 2.41 bits per heavy atom. The Morgan fingerprint density at radius 1 is 1.47 bits per heavy atom. The Balaban J connectivity index is 1.45. The van der Waals surface area contributed by atoms with Gasteiger partial charge in [0.25, 0.3) is 0 Å². The number of hydrogen-bond acceptors (Lipinski definition) is 4. The van der Waals surface area contributed by atoms with Crippen molar-refractivity contribution in [2.75, 3.05) is 6.54 Å². The van der Waals surface area contributed by atoms with Crippen LogP contribution in [0.4, 0.5) is 0 Å². The summed E-state index contributed by atoms with van der Waals surface area (Å²) in [5, 5.41) is 7.19. The fraction of sp³-hybridized carbons (Fsp3) is 0.692. The van der Waals surface area contributed by atoms with E-state index in [1.54, 1.807) is 0 Å². The molecule has 4 heteroatoms. The predicted octanol–water partition coefficient (Wildman–Crippen LogP) is 1.80. The van der Waals surface area contributed by atoms with E-state index in [0.29, 0.717) is 6.04 Å². The van der Waals surface area contributed by atoms with Gasteiger partial charge in [0.05, 0.1) is 0 Å². The van der Waals surface area contributed by atoms with Crippen LogP contribution in [-0.2, 0) is 6.42 Å². The lowest BCUT2D eigenvalue weighted by molar-refractivity contribution is 0.320. The zero-order valence-electron chi connectivity index (χ0n) is 10.2. The molecule has 0 radical (unpaired) electrons. The average molecular weight is 233 g/mol. The largest absolute Gasteiger partial charge is 0.340 e. The molecule has 1 fully saturated rings. The van der Waals surface area contributed by atoms with Gasteiger partial charge in [-0.3, -0.25) is 0 Å². The highest BCUT2D eigenvalue weighted by atomic mass is 16.5. The summed E-state index contributed by atoms with van der Waals surface area (Å²) in [6.07, 6.45) is 9.82. The standard InChI is InChI=1S/C13H19N3O/c1-9(12-7-10-2-3-11(12)6-10)14-5-4-13-15-8-16-17-13/h2-3,8-12,14H,4-7H2,1H3. The maximum Gasteiger partial charge on any atom is 0.227 e. The molecule has 4 atom stereocenters. The first-order valence-electron chi connectivity index (χ1n) is 6.50. The lowest BCUT2D eigenvalue weighted by atomic mass is 9.87. The second-order valence-electron chi connectivity index (χ2n) is 5.27. The van der Waals surface area contributed by atoms with E-state index >= 15 is 0 Å². The van der Waals surface area contributed by atoms with Crippen molar-refractivity contribution in [1.29, 1.82) is 0 Å². The summed E-state index contributed by atoms with van der Waals surface area (Å²) < 4.78 is 4.98. The third kappa shape index (κ3) is 2.27. The molecule has 2 aliphatic rings. The number of hydrogen-bond donors (Lipinski definition) is 1. The summed E-state index contributed by atoms with van der Waals surface area (Å²) >= 11 is 0. The lowest BCUT2D eigenvalue weighted by Crippen LogP contribution is -2.36. The lowest BCUT2D eigenvalue weighted by Gasteiger charge is -2.26. The highest BCUT2D eigenvalue weighted by molar-refractivity contribution is 5.11. The Hall–Kier alpha value is -1.16. The van der Waals surface area contributed by atoms with Crippen LogP contribution in [0, 0.1) is 17.8 Å². The second-order valence-corrected chi connectivity index (χ2v) is 5.27. The molecule has 0 amide bonds. The molecule has 1 saturated carbocycles. The van der Waals surface area contributed by atoms with Crippen LogP contribution in [0.5, 0.6) is 0 Å². The van der Waals surface area contributed by atoms with Crippen LogP contribution in [0.25, 0.3) is 0 Å². The van der Waals surface area contributed by atoms with Crippen molar-refractivity contribution in [2.24, 2.45) is 17.8 Å². The van der Waals surface area contributed by atoms with Crippen molar-refractivity contribution in [3.8, 4) is 0 Å². The van der Waals surface area contributed by atoms with Gasteiger partial charge in [0.15, 0.2) is 6.33 Å². The number of nitrogens with zero attached hydrogens (tertiary/aromatic N) is 2. The van der Waals surface area contributed by atoms with E-state index in [0.717, 1.165) is 36.6 Å². The molecular formula is C13H19N3O. The van der Waals surface area contributed by atoms with Gasteiger partial charge in [0.2, 0.25) is 5.89 Å². The van der Waals surface area contributed by atoms with E-state index in [4.69, 9.17) is 4.52 Å². The first-order chi connectivity index (χ1) is 8.33. The van der Waals surface area contributed by atoms with Gasteiger partial charge in [-0.05, 0) is 37.5 Å². The first kappa shape index (κ1) is 11.0. The normalized spacial score (nSPS) is 32.2. The highest BCUT2D eigenvalue weighted by Crippen LogP contribution is 2.44. The van der Waals surface area contributed by atoms with Crippen molar-refractivity contribution in [1.82, 2.24) is 15.5 Å². The molecule has 3 rings (SSSR count). The summed E-state index contributed by atoms with van der Waals surface area (Å²) in [4.78, 5) is 4.02. The summed E-state index contributed by atoms with van der Waals surface area (Å²) in [5.41, 5.74) is 0. The topological polar surface area (TPSA) is 51.0 Å². The Morgan fingerprint density at radius 3 is 3.06 bits per heavy atom. The SMILES string of the molecule is CC(NCCc1ncno1)C1CC2C=CC1C2. The minimum Gasteiger partial charge on any atom is -0.340 e. The Bertz CT molecular complexity index is 387. The van der Waals surface area contributed by atoms with Crippen LogP contribution in [0.2, 0.25) is 0 Å². The molecule has 1 aromatic rings. The summed E-state index contributed by atoms with van der Waals surface area (Å²) in [7, 11) is 0. The van der Waals surface area contributed by atoms with Crippen molar-refractivity contribution in [2.45, 2.75) is 32.2 Å². The van der Waals surface area contributed by atoms with E-state index in [2.05, 4.69) is 34.5 Å². The maximum atomic E-state index is 4.98. The molecule has 1 heterocycles. The van der Waals surface area contributed by atoms with Gasteiger partial charge < -0.3 is 9.84 Å². The van der Waals surface area contributed by atoms with Crippen LogP contribution >= 0.6 is 0 Å². The first-order valence-corrected chi connectivity index (χ1v) is 6.50. The zero-order valence-corrected chi connectivity index (χ0v) is 10.2. The molecule has 1 aromatic heterocycles. The second kappa shape index (κ2) is 4.61. The Labute approximate surface area is 101 Å². The molecule has 17 heavy (non-hydrogen) atoms. The van der Waals surface area contributed by atoms with Gasteiger partial charge in [-0.25, -0.2) is 0 Å². The number of nitrogens with one attached hydrogen (secondary N) is 1. The summed E-state index contributed by atoms with van der Waals surface area (Å²) in [6, 6.07) is 0.581. The van der Waals surface area contributed by atoms with Crippen LogP contribution < -0.4 is 5.32 Å². The van der Waals surface area contributed by atoms with Gasteiger partial charge in [-0.15, -0.1) is 0 Å². The van der Waals surface area contributed by atoms with E-state index in [1.165, 1.54) is 19.2 Å². The van der Waals surface area contributed by atoms with Crippen LogP contribution in [0.3, 0.4) is 0 Å². The number of allylic oxidation sites excluding steroid dienone is 2. The molecule has 0 aromatic carbocycles.